The lowest BCUT2D eigenvalue weighted by molar-refractivity contribution is -0.111. The maximum absolute atomic E-state index is 12.3. The highest BCUT2D eigenvalue weighted by atomic mass is 16.1. The van der Waals surface area contributed by atoms with E-state index in [1.807, 2.05) is 19.3 Å². The third-order valence-corrected chi connectivity index (χ3v) is 4.39. The molecule has 3 rings (SSSR count). The standard InChI is InChI=1S/C19H23N5O2/c1-23-13-14(12-21-23)5-8-18(25)22-16-11-15(19(20)26)6-7-17(16)24-9-3-2-4-10-24/h5-8,11-13H,2-4,9-10H2,1H3,(H2,20,26)(H,22,25)/b8-5+. The van der Waals surface area contributed by atoms with Gasteiger partial charge in [-0.1, -0.05) is 0 Å². The summed E-state index contributed by atoms with van der Waals surface area (Å²) in [6.45, 7) is 1.87. The Morgan fingerprint density at radius 3 is 2.65 bits per heavy atom. The number of hydrogen-bond donors (Lipinski definition) is 2. The number of aromatic nitrogens is 2. The average Bonchev–Trinajstić information content (AvgIpc) is 3.06. The average molecular weight is 353 g/mol. The maximum Gasteiger partial charge on any atom is 0.248 e. The lowest BCUT2D eigenvalue weighted by Crippen LogP contribution is -2.30. The molecule has 7 heteroatoms. The fraction of sp³-hybridized carbons (Fsp3) is 0.316. The van der Waals surface area contributed by atoms with E-state index in [2.05, 4.69) is 15.3 Å². The van der Waals surface area contributed by atoms with E-state index in [9.17, 15) is 9.59 Å². The predicted molar refractivity (Wildman–Crippen MR) is 102 cm³/mol. The van der Waals surface area contributed by atoms with Gasteiger partial charge in [-0.2, -0.15) is 5.10 Å². The van der Waals surface area contributed by atoms with Gasteiger partial charge in [0.05, 0.1) is 17.6 Å². The molecule has 2 aromatic rings. The van der Waals surface area contributed by atoms with Crippen LogP contribution in [0.2, 0.25) is 0 Å². The van der Waals surface area contributed by atoms with Gasteiger partial charge in [-0.05, 0) is 43.5 Å². The van der Waals surface area contributed by atoms with Gasteiger partial charge < -0.3 is 16.0 Å². The molecule has 0 saturated carbocycles. The molecule has 3 N–H and O–H groups in total. The summed E-state index contributed by atoms with van der Waals surface area (Å²) in [6.07, 6.45) is 10.1. The lowest BCUT2D eigenvalue weighted by Gasteiger charge is -2.30. The van der Waals surface area contributed by atoms with E-state index in [0.717, 1.165) is 37.2 Å². The van der Waals surface area contributed by atoms with Crippen LogP contribution in [-0.2, 0) is 11.8 Å². The Balaban J connectivity index is 1.81. The second kappa shape index (κ2) is 7.86. The minimum Gasteiger partial charge on any atom is -0.370 e. The van der Waals surface area contributed by atoms with Gasteiger partial charge in [0.1, 0.15) is 0 Å². The zero-order valence-corrected chi connectivity index (χ0v) is 14.8. The summed E-state index contributed by atoms with van der Waals surface area (Å²) in [7, 11) is 1.82. The summed E-state index contributed by atoms with van der Waals surface area (Å²) in [5.41, 5.74) is 8.12. The van der Waals surface area contributed by atoms with E-state index < -0.39 is 5.91 Å². The number of aryl methyl sites for hydroxylation is 1. The van der Waals surface area contributed by atoms with Crippen molar-refractivity contribution in [3.8, 4) is 0 Å². The molecule has 7 nitrogen and oxygen atoms in total. The minimum atomic E-state index is -0.517. The Hall–Kier alpha value is -3.09. The summed E-state index contributed by atoms with van der Waals surface area (Å²) in [5.74, 6) is -0.787. The quantitative estimate of drug-likeness (QED) is 0.806. The Morgan fingerprint density at radius 1 is 1.23 bits per heavy atom. The molecule has 0 spiro atoms. The van der Waals surface area contributed by atoms with Crippen molar-refractivity contribution in [1.29, 1.82) is 0 Å². The number of primary amides is 1. The first-order chi connectivity index (χ1) is 12.5. The highest BCUT2D eigenvalue weighted by Crippen LogP contribution is 2.29. The Bertz CT molecular complexity index is 834. The SMILES string of the molecule is Cn1cc(/C=C/C(=O)Nc2cc(C(N)=O)ccc2N2CCCCC2)cn1. The molecule has 0 unspecified atom stereocenters. The molecular formula is C19H23N5O2. The number of rotatable bonds is 5. The zero-order chi connectivity index (χ0) is 18.5. The van der Waals surface area contributed by atoms with Gasteiger partial charge in [0.25, 0.3) is 0 Å². The summed E-state index contributed by atoms with van der Waals surface area (Å²) in [4.78, 5) is 26.1. The highest BCUT2D eigenvalue weighted by molar-refractivity contribution is 6.05. The number of carbonyl (C=O) groups excluding carboxylic acids is 2. The number of nitrogens with zero attached hydrogens (tertiary/aromatic N) is 3. The number of nitrogens with one attached hydrogen (secondary N) is 1. The molecule has 1 aliphatic heterocycles. The molecule has 1 aromatic carbocycles. The van der Waals surface area contributed by atoms with Gasteiger partial charge in [0, 0.05) is 43.5 Å². The normalized spacial score (nSPS) is 14.6. The van der Waals surface area contributed by atoms with Crippen molar-refractivity contribution in [1.82, 2.24) is 9.78 Å². The Labute approximate surface area is 152 Å². The number of hydrogen-bond acceptors (Lipinski definition) is 4. The summed E-state index contributed by atoms with van der Waals surface area (Å²) in [5, 5.41) is 6.94. The van der Waals surface area contributed by atoms with E-state index >= 15 is 0 Å². The molecular weight excluding hydrogens is 330 g/mol. The van der Waals surface area contributed by atoms with E-state index in [1.165, 1.54) is 12.5 Å². The summed E-state index contributed by atoms with van der Waals surface area (Å²) >= 11 is 0. The molecule has 1 fully saturated rings. The van der Waals surface area contributed by atoms with Gasteiger partial charge in [-0.25, -0.2) is 0 Å². The van der Waals surface area contributed by atoms with Crippen LogP contribution in [0.3, 0.4) is 0 Å². The molecule has 1 aromatic heterocycles. The zero-order valence-electron chi connectivity index (χ0n) is 14.8. The van der Waals surface area contributed by atoms with Gasteiger partial charge in [-0.3, -0.25) is 14.3 Å². The molecule has 0 aliphatic carbocycles. The van der Waals surface area contributed by atoms with Crippen LogP contribution in [0.25, 0.3) is 6.08 Å². The number of piperidine rings is 1. The molecule has 1 aliphatic rings. The smallest absolute Gasteiger partial charge is 0.248 e. The topological polar surface area (TPSA) is 93.2 Å². The first kappa shape index (κ1) is 17.7. The Kier molecular flexibility index (Phi) is 5.36. The molecule has 1 saturated heterocycles. The van der Waals surface area contributed by atoms with E-state index in [-0.39, 0.29) is 5.91 Å². The number of carbonyl (C=O) groups is 2. The third-order valence-electron chi connectivity index (χ3n) is 4.39. The second-order valence-corrected chi connectivity index (χ2v) is 6.41. The molecule has 0 radical (unpaired) electrons. The molecule has 0 atom stereocenters. The van der Waals surface area contributed by atoms with Gasteiger partial charge >= 0.3 is 0 Å². The van der Waals surface area contributed by atoms with Crippen molar-refractivity contribution in [3.63, 3.8) is 0 Å². The van der Waals surface area contributed by atoms with Gasteiger partial charge in [0.15, 0.2) is 0 Å². The number of benzene rings is 1. The number of anilines is 2. The maximum atomic E-state index is 12.3. The van der Waals surface area contributed by atoms with Crippen LogP contribution in [0.1, 0.15) is 35.2 Å². The van der Waals surface area contributed by atoms with Crippen LogP contribution in [0.4, 0.5) is 11.4 Å². The molecule has 26 heavy (non-hydrogen) atoms. The Morgan fingerprint density at radius 2 is 2.00 bits per heavy atom. The monoisotopic (exact) mass is 353 g/mol. The van der Waals surface area contributed by atoms with Crippen LogP contribution in [0.15, 0.2) is 36.7 Å². The van der Waals surface area contributed by atoms with Gasteiger partial charge in [-0.15, -0.1) is 0 Å². The van der Waals surface area contributed by atoms with Crippen LogP contribution < -0.4 is 16.0 Å². The largest absolute Gasteiger partial charge is 0.370 e. The molecule has 0 bridgehead atoms. The van der Waals surface area contributed by atoms with Crippen LogP contribution in [-0.4, -0.2) is 34.7 Å². The number of amides is 2. The van der Waals surface area contributed by atoms with E-state index in [0.29, 0.717) is 11.3 Å². The minimum absolute atomic E-state index is 0.270. The van der Waals surface area contributed by atoms with Gasteiger partial charge in [0.2, 0.25) is 11.8 Å². The van der Waals surface area contributed by atoms with Crippen molar-refractivity contribution >= 4 is 29.3 Å². The molecule has 2 amide bonds. The summed E-state index contributed by atoms with van der Waals surface area (Å²) < 4.78 is 1.67. The molecule has 136 valence electrons. The van der Waals surface area contributed by atoms with Crippen LogP contribution in [0, 0.1) is 0 Å². The lowest BCUT2D eigenvalue weighted by atomic mass is 10.1. The highest BCUT2D eigenvalue weighted by Gasteiger charge is 2.17. The first-order valence-electron chi connectivity index (χ1n) is 8.69. The second-order valence-electron chi connectivity index (χ2n) is 6.41. The van der Waals surface area contributed by atoms with E-state index in [4.69, 9.17) is 5.73 Å². The van der Waals surface area contributed by atoms with Crippen molar-refractivity contribution in [2.45, 2.75) is 19.3 Å². The van der Waals surface area contributed by atoms with Crippen molar-refractivity contribution in [2.75, 3.05) is 23.3 Å². The van der Waals surface area contributed by atoms with E-state index in [1.54, 1.807) is 29.1 Å². The number of nitrogens with two attached hydrogens (primary N) is 1. The van der Waals surface area contributed by atoms with Crippen molar-refractivity contribution < 1.29 is 9.59 Å². The summed E-state index contributed by atoms with van der Waals surface area (Å²) in [6, 6.07) is 5.20. The first-order valence-corrected chi connectivity index (χ1v) is 8.69. The van der Waals surface area contributed by atoms with Crippen molar-refractivity contribution in [2.24, 2.45) is 12.8 Å². The third kappa shape index (κ3) is 4.30. The fourth-order valence-electron chi connectivity index (χ4n) is 3.07. The molecule has 2 heterocycles. The van der Waals surface area contributed by atoms with Crippen molar-refractivity contribution in [3.05, 3.63) is 47.8 Å². The van der Waals surface area contributed by atoms with Crippen LogP contribution in [0.5, 0.6) is 0 Å². The van der Waals surface area contributed by atoms with Crippen LogP contribution >= 0.6 is 0 Å². The predicted octanol–water partition coefficient (Wildman–Crippen LogP) is 2.16. The fourth-order valence-corrected chi connectivity index (χ4v) is 3.07.